The second-order valence-electron chi connectivity index (χ2n) is 6.66. The molecular formula is C16H27BrN4. The zero-order chi connectivity index (χ0) is 15.0. The number of likely N-dealkylation sites (tertiary alicyclic amines) is 2. The Labute approximate surface area is 136 Å². The van der Waals surface area contributed by atoms with Crippen molar-refractivity contribution in [1.82, 2.24) is 19.6 Å². The van der Waals surface area contributed by atoms with Crippen LogP contribution in [0.15, 0.2) is 4.47 Å². The van der Waals surface area contributed by atoms with E-state index in [0.717, 1.165) is 24.9 Å². The van der Waals surface area contributed by atoms with Crippen molar-refractivity contribution in [3.63, 3.8) is 0 Å². The zero-order valence-corrected chi connectivity index (χ0v) is 15.1. The van der Waals surface area contributed by atoms with E-state index >= 15 is 0 Å². The molecule has 0 aromatic carbocycles. The molecule has 0 radical (unpaired) electrons. The number of aromatic nitrogens is 2. The Morgan fingerprint density at radius 2 is 2.05 bits per heavy atom. The highest BCUT2D eigenvalue weighted by Crippen LogP contribution is 2.31. The predicted octanol–water partition coefficient (Wildman–Crippen LogP) is 2.66. The van der Waals surface area contributed by atoms with Gasteiger partial charge in [0.1, 0.15) is 0 Å². The minimum atomic E-state index is 0.816. The van der Waals surface area contributed by atoms with Gasteiger partial charge in [0.25, 0.3) is 0 Å². The number of piperidine rings is 2. The number of hydrogen-bond donors (Lipinski definition) is 0. The first-order valence-electron chi connectivity index (χ1n) is 8.23. The minimum absolute atomic E-state index is 0.816. The fourth-order valence-corrected chi connectivity index (χ4v) is 4.82. The molecule has 2 aliphatic rings. The van der Waals surface area contributed by atoms with Gasteiger partial charge < -0.3 is 4.90 Å². The summed E-state index contributed by atoms with van der Waals surface area (Å²) < 4.78 is 3.28. The van der Waals surface area contributed by atoms with Crippen molar-refractivity contribution < 1.29 is 0 Å². The van der Waals surface area contributed by atoms with Gasteiger partial charge in [-0.25, -0.2) is 0 Å². The number of fused-ring (bicyclic) bond motifs is 1. The first kappa shape index (κ1) is 15.5. The molecular weight excluding hydrogens is 328 g/mol. The van der Waals surface area contributed by atoms with Crippen LogP contribution in [0.25, 0.3) is 0 Å². The average molecular weight is 355 g/mol. The van der Waals surface area contributed by atoms with Gasteiger partial charge in [-0.1, -0.05) is 6.92 Å². The SMILES string of the molecule is CCc1nn(C)c(CN2CCC3C(CCCN3C)C2)c1Br. The maximum atomic E-state index is 4.62. The third-order valence-electron chi connectivity index (χ3n) is 5.31. The molecule has 2 atom stereocenters. The van der Waals surface area contributed by atoms with Crippen molar-refractivity contribution in [2.24, 2.45) is 13.0 Å². The van der Waals surface area contributed by atoms with Crippen LogP contribution in [0, 0.1) is 5.92 Å². The van der Waals surface area contributed by atoms with E-state index in [1.807, 2.05) is 0 Å². The van der Waals surface area contributed by atoms with Gasteiger partial charge in [-0.05, 0) is 61.1 Å². The lowest BCUT2D eigenvalue weighted by molar-refractivity contribution is 0.0345. The fourth-order valence-electron chi connectivity index (χ4n) is 4.07. The van der Waals surface area contributed by atoms with Gasteiger partial charge in [0.05, 0.1) is 15.9 Å². The average Bonchev–Trinajstić information content (AvgIpc) is 2.75. The molecule has 1 aromatic rings. The topological polar surface area (TPSA) is 24.3 Å². The van der Waals surface area contributed by atoms with Crippen LogP contribution in [0.5, 0.6) is 0 Å². The Bertz CT molecular complexity index is 499. The summed E-state index contributed by atoms with van der Waals surface area (Å²) in [7, 11) is 4.37. The first-order chi connectivity index (χ1) is 10.1. The second-order valence-corrected chi connectivity index (χ2v) is 7.45. The Kier molecular flexibility index (Phi) is 4.71. The molecule has 21 heavy (non-hydrogen) atoms. The van der Waals surface area contributed by atoms with Gasteiger partial charge >= 0.3 is 0 Å². The minimum Gasteiger partial charge on any atom is -0.303 e. The second kappa shape index (κ2) is 6.39. The van der Waals surface area contributed by atoms with Crippen LogP contribution in [0.1, 0.15) is 37.6 Å². The van der Waals surface area contributed by atoms with Crippen LogP contribution in [-0.2, 0) is 20.0 Å². The summed E-state index contributed by atoms with van der Waals surface area (Å²) in [6.07, 6.45) is 5.07. The molecule has 2 unspecified atom stereocenters. The summed E-state index contributed by atoms with van der Waals surface area (Å²) >= 11 is 3.75. The van der Waals surface area contributed by atoms with Crippen LogP contribution in [-0.4, -0.2) is 52.3 Å². The third-order valence-corrected chi connectivity index (χ3v) is 6.22. The quantitative estimate of drug-likeness (QED) is 0.833. The number of rotatable bonds is 3. The highest BCUT2D eigenvalue weighted by Gasteiger charge is 2.34. The van der Waals surface area contributed by atoms with Crippen LogP contribution in [0.4, 0.5) is 0 Å². The van der Waals surface area contributed by atoms with Crippen LogP contribution < -0.4 is 0 Å². The number of nitrogens with zero attached hydrogens (tertiary/aromatic N) is 4. The predicted molar refractivity (Wildman–Crippen MR) is 89.3 cm³/mol. The summed E-state index contributed by atoms with van der Waals surface area (Å²) in [4.78, 5) is 5.21. The lowest BCUT2D eigenvalue weighted by Crippen LogP contribution is -2.52. The van der Waals surface area contributed by atoms with E-state index in [1.54, 1.807) is 0 Å². The van der Waals surface area contributed by atoms with Gasteiger partial charge in [0.15, 0.2) is 0 Å². The monoisotopic (exact) mass is 354 g/mol. The van der Waals surface area contributed by atoms with Crippen molar-refractivity contribution in [2.75, 3.05) is 26.7 Å². The molecule has 0 N–H and O–H groups in total. The molecule has 2 saturated heterocycles. The van der Waals surface area contributed by atoms with E-state index in [-0.39, 0.29) is 0 Å². The van der Waals surface area contributed by atoms with Gasteiger partial charge in [-0.2, -0.15) is 5.10 Å². The molecule has 3 heterocycles. The van der Waals surface area contributed by atoms with E-state index in [2.05, 4.69) is 56.5 Å². The van der Waals surface area contributed by atoms with Crippen molar-refractivity contribution in [2.45, 2.75) is 45.2 Å². The highest BCUT2D eigenvalue weighted by molar-refractivity contribution is 9.10. The molecule has 0 amide bonds. The summed E-state index contributed by atoms with van der Waals surface area (Å²) in [5.74, 6) is 0.857. The summed E-state index contributed by atoms with van der Waals surface area (Å²) in [6.45, 7) is 6.93. The zero-order valence-electron chi connectivity index (χ0n) is 13.5. The van der Waals surface area contributed by atoms with Gasteiger partial charge in [-0.3, -0.25) is 9.58 Å². The van der Waals surface area contributed by atoms with Gasteiger partial charge in [0.2, 0.25) is 0 Å². The fraction of sp³-hybridized carbons (Fsp3) is 0.812. The molecule has 0 aliphatic carbocycles. The molecule has 2 aliphatic heterocycles. The van der Waals surface area contributed by atoms with Crippen LogP contribution in [0.2, 0.25) is 0 Å². The van der Waals surface area contributed by atoms with E-state index in [0.29, 0.717) is 0 Å². The Hall–Kier alpha value is -0.390. The molecule has 2 fully saturated rings. The van der Waals surface area contributed by atoms with Gasteiger partial charge in [0, 0.05) is 32.7 Å². The largest absolute Gasteiger partial charge is 0.303 e. The van der Waals surface area contributed by atoms with E-state index in [9.17, 15) is 0 Å². The van der Waals surface area contributed by atoms with Crippen LogP contribution >= 0.6 is 15.9 Å². The van der Waals surface area contributed by atoms with E-state index < -0.39 is 0 Å². The smallest absolute Gasteiger partial charge is 0.0767 e. The van der Waals surface area contributed by atoms with Crippen LogP contribution in [0.3, 0.4) is 0 Å². The molecule has 118 valence electrons. The highest BCUT2D eigenvalue weighted by atomic mass is 79.9. The van der Waals surface area contributed by atoms with Gasteiger partial charge in [-0.15, -0.1) is 0 Å². The molecule has 0 spiro atoms. The Morgan fingerprint density at radius 1 is 1.24 bits per heavy atom. The first-order valence-corrected chi connectivity index (χ1v) is 9.02. The normalized spacial score (nSPS) is 27.8. The van der Waals surface area contributed by atoms with Crippen molar-refractivity contribution >= 4 is 15.9 Å². The molecule has 3 rings (SSSR count). The lowest BCUT2D eigenvalue weighted by atomic mass is 9.84. The number of hydrogen-bond acceptors (Lipinski definition) is 3. The van der Waals surface area contributed by atoms with Crippen molar-refractivity contribution in [3.05, 3.63) is 15.9 Å². The van der Waals surface area contributed by atoms with E-state index in [4.69, 9.17) is 0 Å². The maximum Gasteiger partial charge on any atom is 0.0767 e. The standard InChI is InChI=1S/C16H27BrN4/c1-4-13-16(17)15(20(3)18-13)11-21-9-7-14-12(10-21)6-5-8-19(14)2/h12,14H,4-11H2,1-3H3. The Morgan fingerprint density at radius 3 is 2.76 bits per heavy atom. The third kappa shape index (κ3) is 3.06. The molecule has 0 saturated carbocycles. The summed E-state index contributed by atoms with van der Waals surface area (Å²) in [6, 6.07) is 0.816. The number of halogens is 1. The van der Waals surface area contributed by atoms with Crippen molar-refractivity contribution in [1.29, 1.82) is 0 Å². The molecule has 0 bridgehead atoms. The number of aryl methyl sites for hydroxylation is 2. The molecule has 4 nitrogen and oxygen atoms in total. The van der Waals surface area contributed by atoms with Crippen molar-refractivity contribution in [3.8, 4) is 0 Å². The Balaban J connectivity index is 1.68. The summed E-state index contributed by atoms with van der Waals surface area (Å²) in [5.41, 5.74) is 2.51. The molecule has 1 aromatic heterocycles. The molecule has 5 heteroatoms. The lowest BCUT2D eigenvalue weighted by Gasteiger charge is -2.46. The maximum absolute atomic E-state index is 4.62. The summed E-state index contributed by atoms with van der Waals surface area (Å²) in [5, 5.41) is 4.62. The van der Waals surface area contributed by atoms with E-state index in [1.165, 1.54) is 54.8 Å².